The first kappa shape index (κ1) is 11.2. The number of nitrogens with one attached hydrogen (secondary N) is 2. The van der Waals surface area contributed by atoms with Gasteiger partial charge in [0.15, 0.2) is 5.82 Å². The molecule has 2 N–H and O–H groups in total. The molecule has 7 nitrogen and oxygen atoms in total. The summed E-state index contributed by atoms with van der Waals surface area (Å²) in [6.07, 6.45) is 1.10. The molecule has 0 unspecified atom stereocenters. The molecule has 2 aromatic rings. The van der Waals surface area contributed by atoms with Crippen LogP contribution >= 0.6 is 0 Å². The van der Waals surface area contributed by atoms with Gasteiger partial charge in [-0.1, -0.05) is 5.16 Å². The molecule has 1 fully saturated rings. The summed E-state index contributed by atoms with van der Waals surface area (Å²) in [4.78, 5) is 6.63. The van der Waals surface area contributed by atoms with E-state index in [1.807, 2.05) is 13.0 Å². The predicted molar refractivity (Wildman–Crippen MR) is 66.3 cm³/mol. The smallest absolute Gasteiger partial charge is 0.245 e. The van der Waals surface area contributed by atoms with Crippen molar-refractivity contribution in [2.24, 2.45) is 0 Å². The SMILES string of the molecule is Cc1cc(-c2nc(N3CCCNCC3)n[nH]2)on1. The maximum absolute atomic E-state index is 5.16. The normalized spacial score (nSPS) is 16.8. The summed E-state index contributed by atoms with van der Waals surface area (Å²) in [5, 5.41) is 14.3. The summed E-state index contributed by atoms with van der Waals surface area (Å²) in [6, 6.07) is 1.84. The summed E-state index contributed by atoms with van der Waals surface area (Å²) in [7, 11) is 0. The van der Waals surface area contributed by atoms with E-state index >= 15 is 0 Å². The van der Waals surface area contributed by atoms with Gasteiger partial charge in [-0.05, 0) is 19.9 Å². The Labute approximate surface area is 105 Å². The number of nitrogens with zero attached hydrogens (tertiary/aromatic N) is 4. The van der Waals surface area contributed by atoms with Crippen LogP contribution in [0.2, 0.25) is 0 Å². The van der Waals surface area contributed by atoms with Gasteiger partial charge in [0.2, 0.25) is 11.7 Å². The minimum Gasteiger partial charge on any atom is -0.353 e. The lowest BCUT2D eigenvalue weighted by Gasteiger charge is -2.16. The second kappa shape index (κ2) is 4.77. The third kappa shape index (κ3) is 2.21. The molecule has 0 amide bonds. The zero-order valence-corrected chi connectivity index (χ0v) is 10.3. The van der Waals surface area contributed by atoms with Crippen molar-refractivity contribution in [2.75, 3.05) is 31.1 Å². The van der Waals surface area contributed by atoms with Crippen molar-refractivity contribution < 1.29 is 4.52 Å². The second-order valence-electron chi connectivity index (χ2n) is 4.41. The molecule has 3 rings (SSSR count). The highest BCUT2D eigenvalue weighted by Crippen LogP contribution is 2.18. The Bertz CT molecular complexity index is 511. The van der Waals surface area contributed by atoms with Crippen molar-refractivity contribution in [3.05, 3.63) is 11.8 Å². The van der Waals surface area contributed by atoms with Crippen molar-refractivity contribution in [1.82, 2.24) is 25.7 Å². The van der Waals surface area contributed by atoms with Crippen LogP contribution in [-0.2, 0) is 0 Å². The maximum Gasteiger partial charge on any atom is 0.245 e. The largest absolute Gasteiger partial charge is 0.353 e. The Morgan fingerprint density at radius 3 is 3.11 bits per heavy atom. The van der Waals surface area contributed by atoms with Gasteiger partial charge in [-0.3, -0.25) is 5.10 Å². The highest BCUT2D eigenvalue weighted by Gasteiger charge is 2.16. The van der Waals surface area contributed by atoms with Gasteiger partial charge in [0, 0.05) is 25.7 Å². The molecule has 1 aliphatic heterocycles. The Balaban J connectivity index is 1.80. The Morgan fingerprint density at radius 2 is 2.28 bits per heavy atom. The van der Waals surface area contributed by atoms with E-state index in [2.05, 4.69) is 30.6 Å². The molecular formula is C11H16N6O. The van der Waals surface area contributed by atoms with E-state index in [9.17, 15) is 0 Å². The molecule has 2 aromatic heterocycles. The van der Waals surface area contributed by atoms with E-state index in [4.69, 9.17) is 4.52 Å². The fourth-order valence-corrected chi connectivity index (χ4v) is 2.03. The number of rotatable bonds is 2. The maximum atomic E-state index is 5.16. The van der Waals surface area contributed by atoms with Crippen LogP contribution in [0.3, 0.4) is 0 Å². The summed E-state index contributed by atoms with van der Waals surface area (Å²) >= 11 is 0. The number of hydrogen-bond donors (Lipinski definition) is 2. The van der Waals surface area contributed by atoms with Crippen LogP contribution in [0.5, 0.6) is 0 Å². The highest BCUT2D eigenvalue weighted by atomic mass is 16.5. The zero-order chi connectivity index (χ0) is 12.4. The van der Waals surface area contributed by atoms with E-state index in [-0.39, 0.29) is 0 Å². The molecule has 0 radical (unpaired) electrons. The van der Waals surface area contributed by atoms with Gasteiger partial charge in [-0.15, -0.1) is 5.10 Å². The molecule has 18 heavy (non-hydrogen) atoms. The second-order valence-corrected chi connectivity index (χ2v) is 4.41. The number of aryl methyl sites for hydroxylation is 1. The molecular weight excluding hydrogens is 232 g/mol. The fourth-order valence-electron chi connectivity index (χ4n) is 2.03. The van der Waals surface area contributed by atoms with Crippen molar-refractivity contribution in [1.29, 1.82) is 0 Å². The van der Waals surface area contributed by atoms with Gasteiger partial charge in [-0.2, -0.15) is 4.98 Å². The first-order valence-electron chi connectivity index (χ1n) is 6.15. The number of aromatic amines is 1. The Morgan fingerprint density at radius 1 is 1.33 bits per heavy atom. The molecule has 1 saturated heterocycles. The minimum atomic E-state index is 0.624. The molecule has 0 bridgehead atoms. The average Bonchev–Trinajstić information content (AvgIpc) is 2.92. The predicted octanol–water partition coefficient (Wildman–Crippen LogP) is 0.568. The lowest BCUT2D eigenvalue weighted by Crippen LogP contribution is -2.28. The van der Waals surface area contributed by atoms with Crippen LogP contribution < -0.4 is 10.2 Å². The highest BCUT2D eigenvalue weighted by molar-refractivity contribution is 5.49. The first-order chi connectivity index (χ1) is 8.83. The van der Waals surface area contributed by atoms with E-state index < -0.39 is 0 Å². The third-order valence-electron chi connectivity index (χ3n) is 2.96. The zero-order valence-electron chi connectivity index (χ0n) is 10.3. The molecule has 96 valence electrons. The minimum absolute atomic E-state index is 0.624. The van der Waals surface area contributed by atoms with Gasteiger partial charge < -0.3 is 14.7 Å². The topological polar surface area (TPSA) is 82.9 Å². The number of aromatic nitrogens is 4. The van der Waals surface area contributed by atoms with Crippen LogP contribution in [0, 0.1) is 6.92 Å². The van der Waals surface area contributed by atoms with Crippen molar-refractivity contribution in [2.45, 2.75) is 13.3 Å². The summed E-state index contributed by atoms with van der Waals surface area (Å²) in [5.41, 5.74) is 0.835. The van der Waals surface area contributed by atoms with E-state index in [1.54, 1.807) is 0 Å². The lowest BCUT2D eigenvalue weighted by molar-refractivity contribution is 0.424. The van der Waals surface area contributed by atoms with Gasteiger partial charge in [0.1, 0.15) is 0 Å². The van der Waals surface area contributed by atoms with E-state index in [0.29, 0.717) is 11.6 Å². The van der Waals surface area contributed by atoms with Gasteiger partial charge in [-0.25, -0.2) is 0 Å². The standard InChI is InChI=1S/C11H16N6O/c1-8-7-9(18-16-8)10-13-11(15-14-10)17-5-2-3-12-4-6-17/h7,12H,2-6H2,1H3,(H,13,14,15). The summed E-state index contributed by atoms with van der Waals surface area (Å²) in [6.45, 7) is 5.79. The molecule has 1 aliphatic rings. The summed E-state index contributed by atoms with van der Waals surface area (Å²) in [5.74, 6) is 1.98. The number of anilines is 1. The van der Waals surface area contributed by atoms with E-state index in [0.717, 1.165) is 44.2 Å². The van der Waals surface area contributed by atoms with Crippen LogP contribution in [0.4, 0.5) is 5.95 Å². The molecule has 0 atom stereocenters. The quantitative estimate of drug-likeness (QED) is 0.808. The van der Waals surface area contributed by atoms with Gasteiger partial charge in [0.05, 0.1) is 5.69 Å². The van der Waals surface area contributed by atoms with Crippen molar-refractivity contribution in [3.63, 3.8) is 0 Å². The molecule has 0 saturated carbocycles. The van der Waals surface area contributed by atoms with Gasteiger partial charge in [0.25, 0.3) is 0 Å². The number of hydrogen-bond acceptors (Lipinski definition) is 6. The van der Waals surface area contributed by atoms with E-state index in [1.165, 1.54) is 0 Å². The molecule has 0 aliphatic carbocycles. The Kier molecular flexibility index (Phi) is 2.97. The number of H-pyrrole nitrogens is 1. The van der Waals surface area contributed by atoms with Gasteiger partial charge >= 0.3 is 0 Å². The van der Waals surface area contributed by atoms with Crippen molar-refractivity contribution >= 4 is 5.95 Å². The summed E-state index contributed by atoms with van der Waals surface area (Å²) < 4.78 is 5.16. The molecule has 7 heteroatoms. The molecule has 0 aromatic carbocycles. The van der Waals surface area contributed by atoms with Crippen molar-refractivity contribution in [3.8, 4) is 11.6 Å². The Hall–Kier alpha value is -1.89. The average molecular weight is 248 g/mol. The molecule has 0 spiro atoms. The van der Waals surface area contributed by atoms with Crippen LogP contribution in [0.1, 0.15) is 12.1 Å². The third-order valence-corrected chi connectivity index (χ3v) is 2.96. The van der Waals surface area contributed by atoms with Crippen LogP contribution in [0.25, 0.3) is 11.6 Å². The van der Waals surface area contributed by atoms with Crippen LogP contribution in [-0.4, -0.2) is 46.5 Å². The molecule has 3 heterocycles. The fraction of sp³-hybridized carbons (Fsp3) is 0.545. The lowest BCUT2D eigenvalue weighted by atomic mass is 10.4. The monoisotopic (exact) mass is 248 g/mol. The first-order valence-corrected chi connectivity index (χ1v) is 6.15. The van der Waals surface area contributed by atoms with Crippen LogP contribution in [0.15, 0.2) is 10.6 Å².